The molecule has 0 aromatic carbocycles. The van der Waals surface area contributed by atoms with Crippen LogP contribution in [0, 0.1) is 0 Å². The highest BCUT2D eigenvalue weighted by molar-refractivity contribution is 4.80. The van der Waals surface area contributed by atoms with E-state index in [4.69, 9.17) is 0 Å². The van der Waals surface area contributed by atoms with E-state index in [9.17, 15) is 0 Å². The quantitative estimate of drug-likeness (QED) is 0.785. The lowest BCUT2D eigenvalue weighted by molar-refractivity contribution is 0.0934. The minimum absolute atomic E-state index is 0.773. The zero-order valence-corrected chi connectivity index (χ0v) is 11.6. The summed E-state index contributed by atoms with van der Waals surface area (Å²) in [5, 5.41) is 3.72. The van der Waals surface area contributed by atoms with E-state index in [0.717, 1.165) is 12.1 Å². The van der Waals surface area contributed by atoms with Crippen LogP contribution in [0.3, 0.4) is 0 Å². The summed E-state index contributed by atoms with van der Waals surface area (Å²) in [7, 11) is 2.27. The molecular weight excluding hydrogens is 210 g/mol. The Bertz CT molecular complexity index is 214. The van der Waals surface area contributed by atoms with Crippen LogP contribution >= 0.6 is 0 Å². The lowest BCUT2D eigenvalue weighted by Crippen LogP contribution is -2.52. The van der Waals surface area contributed by atoms with E-state index in [0.29, 0.717) is 0 Å². The largest absolute Gasteiger partial charge is 0.313 e. The first kappa shape index (κ1) is 13.3. The Hall–Kier alpha value is -0.120. The van der Waals surface area contributed by atoms with Gasteiger partial charge in [0.1, 0.15) is 0 Å². The van der Waals surface area contributed by atoms with Crippen LogP contribution in [0.4, 0.5) is 0 Å². The van der Waals surface area contributed by atoms with Gasteiger partial charge in [0.05, 0.1) is 0 Å². The summed E-state index contributed by atoms with van der Waals surface area (Å²) in [5.41, 5.74) is 0. The molecule has 17 heavy (non-hydrogen) atoms. The summed E-state index contributed by atoms with van der Waals surface area (Å²) in [5.74, 6) is 0. The molecule has 2 fully saturated rings. The number of piperazine rings is 1. The molecule has 0 amide bonds. The molecule has 1 saturated heterocycles. The Morgan fingerprint density at radius 2 is 1.94 bits per heavy atom. The first-order chi connectivity index (χ1) is 8.29. The van der Waals surface area contributed by atoms with E-state index >= 15 is 0 Å². The third kappa shape index (κ3) is 3.94. The minimum atomic E-state index is 0.773. The van der Waals surface area contributed by atoms with Crippen molar-refractivity contribution in [2.24, 2.45) is 0 Å². The normalized spacial score (nSPS) is 28.9. The van der Waals surface area contributed by atoms with Crippen molar-refractivity contribution in [3.8, 4) is 0 Å². The molecule has 2 rings (SSSR count). The van der Waals surface area contributed by atoms with Crippen molar-refractivity contribution in [2.45, 2.75) is 51.1 Å². The number of nitrogens with zero attached hydrogens (tertiary/aromatic N) is 2. The van der Waals surface area contributed by atoms with E-state index < -0.39 is 0 Å². The molecule has 1 aliphatic heterocycles. The number of likely N-dealkylation sites (N-methyl/N-ethyl adjacent to an activating group) is 1. The molecule has 0 aromatic rings. The second kappa shape index (κ2) is 6.72. The van der Waals surface area contributed by atoms with Crippen molar-refractivity contribution in [2.75, 3.05) is 39.8 Å². The van der Waals surface area contributed by atoms with Gasteiger partial charge < -0.3 is 10.2 Å². The summed E-state index contributed by atoms with van der Waals surface area (Å²) in [6.45, 7) is 8.48. The van der Waals surface area contributed by atoms with E-state index in [1.807, 2.05) is 0 Å². The topological polar surface area (TPSA) is 18.5 Å². The van der Waals surface area contributed by atoms with E-state index in [2.05, 4.69) is 29.1 Å². The van der Waals surface area contributed by atoms with Gasteiger partial charge in [-0.2, -0.15) is 0 Å². The smallest absolute Gasteiger partial charge is 0.0218 e. The third-order valence-electron chi connectivity index (χ3n) is 4.55. The maximum atomic E-state index is 3.72. The fourth-order valence-corrected chi connectivity index (χ4v) is 3.21. The lowest BCUT2D eigenvalue weighted by Gasteiger charge is -2.39. The van der Waals surface area contributed by atoms with Crippen LogP contribution in [-0.2, 0) is 0 Å². The number of hydrogen-bond acceptors (Lipinski definition) is 3. The Labute approximate surface area is 107 Å². The second-order valence-corrected chi connectivity index (χ2v) is 5.78. The lowest BCUT2D eigenvalue weighted by atomic mass is 10.1. The van der Waals surface area contributed by atoms with Gasteiger partial charge in [-0.1, -0.05) is 19.8 Å². The van der Waals surface area contributed by atoms with Crippen molar-refractivity contribution in [1.82, 2.24) is 15.1 Å². The predicted molar refractivity (Wildman–Crippen MR) is 73.4 cm³/mol. The predicted octanol–water partition coefficient (Wildman–Crippen LogP) is 1.54. The fourth-order valence-electron chi connectivity index (χ4n) is 3.21. The number of hydrogen-bond donors (Lipinski definition) is 1. The average Bonchev–Trinajstić information content (AvgIpc) is 2.84. The standard InChI is InChI=1S/C14H29N3/c1-3-14-12-17(11-10-16(14)2)9-8-15-13-6-4-5-7-13/h13-15H,3-12H2,1-2H3. The molecule has 3 heteroatoms. The summed E-state index contributed by atoms with van der Waals surface area (Å²) in [6, 6.07) is 1.60. The van der Waals surface area contributed by atoms with E-state index in [-0.39, 0.29) is 0 Å². The third-order valence-corrected chi connectivity index (χ3v) is 4.55. The van der Waals surface area contributed by atoms with Crippen molar-refractivity contribution < 1.29 is 0 Å². The molecule has 1 saturated carbocycles. The van der Waals surface area contributed by atoms with Crippen LogP contribution in [-0.4, -0.2) is 61.7 Å². The molecule has 0 radical (unpaired) electrons. The maximum Gasteiger partial charge on any atom is 0.0218 e. The Balaban J connectivity index is 1.62. The molecule has 1 unspecified atom stereocenters. The first-order valence-electron chi connectivity index (χ1n) is 7.45. The summed E-state index contributed by atoms with van der Waals surface area (Å²) < 4.78 is 0. The van der Waals surface area contributed by atoms with Gasteiger partial charge in [0.2, 0.25) is 0 Å². The average molecular weight is 239 g/mol. The zero-order chi connectivity index (χ0) is 12.1. The molecule has 0 spiro atoms. The molecule has 1 atom stereocenters. The molecule has 100 valence electrons. The summed E-state index contributed by atoms with van der Waals surface area (Å²) >= 11 is 0. The SMILES string of the molecule is CCC1CN(CCNC2CCCC2)CCN1C. The Morgan fingerprint density at radius 3 is 2.65 bits per heavy atom. The van der Waals surface area contributed by atoms with E-state index in [1.165, 1.54) is 64.8 Å². The van der Waals surface area contributed by atoms with Gasteiger partial charge in [0.15, 0.2) is 0 Å². The molecule has 0 bridgehead atoms. The van der Waals surface area contributed by atoms with Crippen LogP contribution in [0.1, 0.15) is 39.0 Å². The highest BCUT2D eigenvalue weighted by Crippen LogP contribution is 2.17. The summed E-state index contributed by atoms with van der Waals surface area (Å²) in [6.07, 6.45) is 6.96. The molecule has 1 aliphatic carbocycles. The van der Waals surface area contributed by atoms with Crippen molar-refractivity contribution in [3.63, 3.8) is 0 Å². The fraction of sp³-hybridized carbons (Fsp3) is 1.00. The highest BCUT2D eigenvalue weighted by Gasteiger charge is 2.22. The van der Waals surface area contributed by atoms with E-state index in [1.54, 1.807) is 0 Å². The van der Waals surface area contributed by atoms with Crippen molar-refractivity contribution in [3.05, 3.63) is 0 Å². The zero-order valence-electron chi connectivity index (χ0n) is 11.6. The van der Waals surface area contributed by atoms with Crippen LogP contribution in [0.15, 0.2) is 0 Å². The molecule has 2 aliphatic rings. The van der Waals surface area contributed by atoms with Crippen LogP contribution in [0.25, 0.3) is 0 Å². The van der Waals surface area contributed by atoms with Crippen molar-refractivity contribution >= 4 is 0 Å². The Kier molecular flexibility index (Phi) is 5.26. The molecule has 1 N–H and O–H groups in total. The number of nitrogens with one attached hydrogen (secondary N) is 1. The summed E-state index contributed by atoms with van der Waals surface area (Å²) in [4.78, 5) is 5.15. The monoisotopic (exact) mass is 239 g/mol. The van der Waals surface area contributed by atoms with Gasteiger partial charge in [0, 0.05) is 44.8 Å². The van der Waals surface area contributed by atoms with Crippen molar-refractivity contribution in [1.29, 1.82) is 0 Å². The molecule has 3 nitrogen and oxygen atoms in total. The van der Waals surface area contributed by atoms with Crippen LogP contribution < -0.4 is 5.32 Å². The van der Waals surface area contributed by atoms with Gasteiger partial charge in [-0.25, -0.2) is 0 Å². The second-order valence-electron chi connectivity index (χ2n) is 5.78. The maximum absolute atomic E-state index is 3.72. The van der Waals surface area contributed by atoms with Crippen LogP contribution in [0.2, 0.25) is 0 Å². The van der Waals surface area contributed by atoms with Gasteiger partial charge in [-0.3, -0.25) is 4.90 Å². The number of rotatable bonds is 5. The van der Waals surface area contributed by atoms with Gasteiger partial charge in [-0.15, -0.1) is 0 Å². The molecule has 0 aromatic heterocycles. The van der Waals surface area contributed by atoms with Gasteiger partial charge in [-0.05, 0) is 26.3 Å². The minimum Gasteiger partial charge on any atom is -0.313 e. The van der Waals surface area contributed by atoms with Crippen LogP contribution in [0.5, 0.6) is 0 Å². The molecular formula is C14H29N3. The Morgan fingerprint density at radius 1 is 1.18 bits per heavy atom. The van der Waals surface area contributed by atoms with Gasteiger partial charge >= 0.3 is 0 Å². The highest BCUT2D eigenvalue weighted by atomic mass is 15.3. The first-order valence-corrected chi connectivity index (χ1v) is 7.45. The molecule has 1 heterocycles. The van der Waals surface area contributed by atoms with Gasteiger partial charge in [0.25, 0.3) is 0 Å².